The molecule has 4 bridgehead atoms. The molecule has 0 unspecified atom stereocenters. The number of carbonyl (C=O) groups is 1. The molecule has 0 radical (unpaired) electrons. The summed E-state index contributed by atoms with van der Waals surface area (Å²) < 4.78 is 5.98. The van der Waals surface area contributed by atoms with Crippen molar-refractivity contribution in [3.05, 3.63) is 12.2 Å². The SMILES string of the molecule is C=C(COC12CC3CC(CC(C3)C1)C2)C(=O)O. The monoisotopic (exact) mass is 236 g/mol. The molecule has 4 aliphatic carbocycles. The van der Waals surface area contributed by atoms with Gasteiger partial charge in [0, 0.05) is 0 Å². The van der Waals surface area contributed by atoms with Crippen molar-refractivity contribution in [1.29, 1.82) is 0 Å². The highest BCUT2D eigenvalue weighted by atomic mass is 16.5. The van der Waals surface area contributed by atoms with Gasteiger partial charge in [-0.05, 0) is 56.3 Å². The molecule has 0 spiro atoms. The maximum absolute atomic E-state index is 10.7. The largest absolute Gasteiger partial charge is 0.478 e. The molecular weight excluding hydrogens is 216 g/mol. The zero-order valence-corrected chi connectivity index (χ0v) is 10.2. The molecule has 94 valence electrons. The van der Waals surface area contributed by atoms with Gasteiger partial charge in [-0.25, -0.2) is 4.79 Å². The second-order valence-electron chi connectivity index (χ2n) is 6.30. The van der Waals surface area contributed by atoms with Crippen molar-refractivity contribution < 1.29 is 14.6 Å². The lowest BCUT2D eigenvalue weighted by Crippen LogP contribution is -2.52. The third-order valence-electron chi connectivity index (χ3n) is 4.84. The fourth-order valence-corrected chi connectivity index (χ4v) is 4.51. The summed E-state index contributed by atoms with van der Waals surface area (Å²) in [7, 11) is 0. The van der Waals surface area contributed by atoms with Gasteiger partial charge in [-0.2, -0.15) is 0 Å². The van der Waals surface area contributed by atoms with Crippen LogP contribution in [0.25, 0.3) is 0 Å². The van der Waals surface area contributed by atoms with Gasteiger partial charge in [0.2, 0.25) is 0 Å². The molecule has 0 aromatic carbocycles. The highest BCUT2D eigenvalue weighted by molar-refractivity contribution is 5.85. The van der Waals surface area contributed by atoms with Gasteiger partial charge in [0.05, 0.1) is 17.8 Å². The summed E-state index contributed by atoms with van der Waals surface area (Å²) in [6, 6.07) is 0. The lowest BCUT2D eigenvalue weighted by atomic mass is 9.54. The summed E-state index contributed by atoms with van der Waals surface area (Å²) in [5.41, 5.74) is 0.174. The Morgan fingerprint density at radius 2 is 1.65 bits per heavy atom. The van der Waals surface area contributed by atoms with Gasteiger partial charge in [-0.3, -0.25) is 0 Å². The third kappa shape index (κ3) is 2.01. The van der Waals surface area contributed by atoms with E-state index in [1.165, 1.54) is 19.3 Å². The number of carboxylic acids is 1. The van der Waals surface area contributed by atoms with Crippen LogP contribution in [0.3, 0.4) is 0 Å². The smallest absolute Gasteiger partial charge is 0.333 e. The predicted molar refractivity (Wildman–Crippen MR) is 63.6 cm³/mol. The van der Waals surface area contributed by atoms with Gasteiger partial charge in [-0.1, -0.05) is 6.58 Å². The summed E-state index contributed by atoms with van der Waals surface area (Å²) >= 11 is 0. The topological polar surface area (TPSA) is 46.5 Å². The summed E-state index contributed by atoms with van der Waals surface area (Å²) in [5, 5.41) is 8.82. The summed E-state index contributed by atoms with van der Waals surface area (Å²) in [6.45, 7) is 3.74. The van der Waals surface area contributed by atoms with Crippen molar-refractivity contribution in [3.8, 4) is 0 Å². The Hall–Kier alpha value is -0.830. The first-order valence-electron chi connectivity index (χ1n) is 6.61. The fraction of sp³-hybridized carbons (Fsp3) is 0.786. The number of rotatable bonds is 4. The number of hydrogen-bond acceptors (Lipinski definition) is 2. The Morgan fingerprint density at radius 3 is 2.06 bits per heavy atom. The van der Waals surface area contributed by atoms with Crippen LogP contribution in [0.4, 0.5) is 0 Å². The number of ether oxygens (including phenoxy) is 1. The second kappa shape index (κ2) is 3.84. The highest BCUT2D eigenvalue weighted by Gasteiger charge is 2.51. The molecule has 0 atom stereocenters. The van der Waals surface area contributed by atoms with Gasteiger partial charge in [-0.15, -0.1) is 0 Å². The van der Waals surface area contributed by atoms with E-state index in [2.05, 4.69) is 6.58 Å². The zero-order chi connectivity index (χ0) is 12.0. The van der Waals surface area contributed by atoms with Crippen molar-refractivity contribution in [2.45, 2.75) is 44.1 Å². The maximum atomic E-state index is 10.7. The van der Waals surface area contributed by atoms with Crippen LogP contribution in [0, 0.1) is 17.8 Å². The molecule has 4 aliphatic rings. The lowest BCUT2D eigenvalue weighted by molar-refractivity contribution is -0.159. The molecule has 0 saturated heterocycles. The Morgan fingerprint density at radius 1 is 1.18 bits per heavy atom. The van der Waals surface area contributed by atoms with Crippen LogP contribution in [0.2, 0.25) is 0 Å². The van der Waals surface area contributed by atoms with Gasteiger partial charge in [0.1, 0.15) is 0 Å². The van der Waals surface area contributed by atoms with Crippen molar-refractivity contribution in [3.63, 3.8) is 0 Å². The van der Waals surface area contributed by atoms with Crippen molar-refractivity contribution >= 4 is 5.97 Å². The Kier molecular flexibility index (Phi) is 2.54. The number of hydrogen-bond donors (Lipinski definition) is 1. The van der Waals surface area contributed by atoms with Gasteiger partial charge < -0.3 is 9.84 Å². The van der Waals surface area contributed by atoms with Gasteiger partial charge in [0.25, 0.3) is 0 Å². The second-order valence-corrected chi connectivity index (χ2v) is 6.30. The van der Waals surface area contributed by atoms with Crippen LogP contribution >= 0.6 is 0 Å². The minimum Gasteiger partial charge on any atom is -0.478 e. The van der Waals surface area contributed by atoms with E-state index in [0.29, 0.717) is 0 Å². The average Bonchev–Trinajstić information content (AvgIpc) is 2.24. The van der Waals surface area contributed by atoms with Crippen LogP contribution < -0.4 is 0 Å². The Balaban J connectivity index is 1.66. The molecule has 0 heterocycles. The van der Waals surface area contributed by atoms with Gasteiger partial charge in [0.15, 0.2) is 0 Å². The van der Waals surface area contributed by atoms with Crippen molar-refractivity contribution in [2.75, 3.05) is 6.61 Å². The average molecular weight is 236 g/mol. The first-order chi connectivity index (χ1) is 8.06. The molecular formula is C14H20O3. The third-order valence-corrected chi connectivity index (χ3v) is 4.84. The normalized spacial score (nSPS) is 42.7. The van der Waals surface area contributed by atoms with Crippen LogP contribution in [-0.4, -0.2) is 23.3 Å². The van der Waals surface area contributed by atoms with E-state index >= 15 is 0 Å². The molecule has 4 saturated carbocycles. The van der Waals surface area contributed by atoms with Crippen LogP contribution in [0.5, 0.6) is 0 Å². The number of carboxylic acid groups (broad SMARTS) is 1. The molecule has 0 aromatic heterocycles. The van der Waals surface area contributed by atoms with Crippen LogP contribution in [-0.2, 0) is 9.53 Å². The Bertz CT molecular complexity index is 323. The summed E-state index contributed by atoms with van der Waals surface area (Å²) in [6.07, 6.45) is 7.57. The summed E-state index contributed by atoms with van der Waals surface area (Å²) in [4.78, 5) is 10.7. The van der Waals surface area contributed by atoms with E-state index in [0.717, 1.165) is 37.0 Å². The predicted octanol–water partition coefficient (Wildman–Crippen LogP) is 2.61. The van der Waals surface area contributed by atoms with E-state index in [-0.39, 0.29) is 17.8 Å². The molecule has 0 aromatic rings. The Labute approximate surface area is 102 Å². The first kappa shape index (κ1) is 11.3. The van der Waals surface area contributed by atoms with E-state index in [1.807, 2.05) is 0 Å². The molecule has 4 fully saturated rings. The maximum Gasteiger partial charge on any atom is 0.333 e. The van der Waals surface area contributed by atoms with E-state index in [9.17, 15) is 4.79 Å². The van der Waals surface area contributed by atoms with E-state index in [1.54, 1.807) is 0 Å². The fourth-order valence-electron chi connectivity index (χ4n) is 4.51. The molecule has 1 N–H and O–H groups in total. The van der Waals surface area contributed by atoms with Crippen LogP contribution in [0.15, 0.2) is 12.2 Å². The number of aliphatic carboxylic acids is 1. The molecule has 4 rings (SSSR count). The van der Waals surface area contributed by atoms with E-state index < -0.39 is 5.97 Å². The lowest BCUT2D eigenvalue weighted by Gasteiger charge is -2.56. The van der Waals surface area contributed by atoms with Crippen molar-refractivity contribution in [1.82, 2.24) is 0 Å². The molecule has 0 aliphatic heterocycles. The first-order valence-corrected chi connectivity index (χ1v) is 6.61. The molecule has 3 nitrogen and oxygen atoms in total. The standard InChI is InChI=1S/C14H20O3/c1-9(13(15)16)8-17-14-5-10-2-11(6-14)4-12(3-10)7-14/h10-12H,1-8H2,(H,15,16). The van der Waals surface area contributed by atoms with Gasteiger partial charge >= 0.3 is 5.97 Å². The van der Waals surface area contributed by atoms with Crippen LogP contribution in [0.1, 0.15) is 38.5 Å². The van der Waals surface area contributed by atoms with Crippen molar-refractivity contribution in [2.24, 2.45) is 17.8 Å². The minimum absolute atomic E-state index is 0.00681. The van der Waals surface area contributed by atoms with E-state index in [4.69, 9.17) is 9.84 Å². The highest BCUT2D eigenvalue weighted by Crippen LogP contribution is 2.57. The minimum atomic E-state index is -0.935. The quantitative estimate of drug-likeness (QED) is 0.763. The zero-order valence-electron chi connectivity index (χ0n) is 10.2. The summed E-state index contributed by atoms with van der Waals surface area (Å²) in [5.74, 6) is 1.56. The molecule has 3 heteroatoms. The molecule has 17 heavy (non-hydrogen) atoms. The molecule has 0 amide bonds.